The fourth-order valence-electron chi connectivity index (χ4n) is 10.2. The molecule has 0 bridgehead atoms. The van der Waals surface area contributed by atoms with Crippen molar-refractivity contribution < 1.29 is 57.5 Å². The van der Waals surface area contributed by atoms with Crippen LogP contribution in [0.15, 0.2) is 42.7 Å². The van der Waals surface area contributed by atoms with E-state index in [0.717, 1.165) is 5.56 Å². The Morgan fingerprint density at radius 1 is 1.07 bits per heavy atom. The second-order valence-electron chi connectivity index (χ2n) is 21.0. The number of methoxy groups -OCH3 is 1. The van der Waals surface area contributed by atoms with Gasteiger partial charge in [0.1, 0.15) is 35.1 Å². The number of rotatable bonds is 14. The number of cyclic esters (lactones) is 1. The maximum absolute atomic E-state index is 14.5. The molecule has 0 spiro atoms. The molecule has 2 unspecified atom stereocenters. The number of benzene rings is 1. The van der Waals surface area contributed by atoms with Gasteiger partial charge >= 0.3 is 18.2 Å². The minimum atomic E-state index is -1.33. The van der Waals surface area contributed by atoms with E-state index in [2.05, 4.69) is 36.5 Å². The van der Waals surface area contributed by atoms with E-state index in [0.29, 0.717) is 50.3 Å². The van der Waals surface area contributed by atoms with Crippen molar-refractivity contribution in [2.45, 2.75) is 174 Å². The molecule has 0 aliphatic carbocycles. The number of carbonyl (C=O) groups is 5. The van der Waals surface area contributed by atoms with E-state index in [1.165, 1.54) is 26.3 Å². The maximum atomic E-state index is 14.5. The third kappa shape index (κ3) is 13.4. The first-order valence-electron chi connectivity index (χ1n) is 25.0. The molecule has 3 aromatic rings. The number of nitrogens with two attached hydrogens (primary N) is 1. The Kier molecular flexibility index (Phi) is 18.3. The molecule has 398 valence electrons. The fourth-order valence-corrected chi connectivity index (χ4v) is 10.2. The van der Waals surface area contributed by atoms with Gasteiger partial charge in [-0.3, -0.25) is 34.4 Å². The predicted octanol–water partition coefficient (Wildman–Crippen LogP) is 4.58. The number of nitrogens with zero attached hydrogens (tertiary/aromatic N) is 5. The number of unbranched alkanes of at least 4 members (excludes halogenated alkanes) is 1. The van der Waals surface area contributed by atoms with Gasteiger partial charge in [-0.05, 0) is 111 Å². The van der Waals surface area contributed by atoms with E-state index >= 15 is 0 Å². The van der Waals surface area contributed by atoms with Crippen LogP contribution < -0.4 is 21.7 Å². The second-order valence-corrected chi connectivity index (χ2v) is 21.0. The minimum absolute atomic E-state index is 0.0493. The van der Waals surface area contributed by atoms with Gasteiger partial charge in [-0.15, -0.1) is 5.10 Å². The van der Waals surface area contributed by atoms with Gasteiger partial charge in [-0.1, -0.05) is 38.1 Å². The van der Waals surface area contributed by atoms with Gasteiger partial charge in [0.15, 0.2) is 17.7 Å². The lowest BCUT2D eigenvalue weighted by atomic mass is 9.78. The number of carbonyl (C=O) groups excluding carboxylic acids is 5. The minimum Gasteiger partial charge on any atom is -0.458 e. The Labute approximate surface area is 421 Å². The number of ketones is 1. The topological polar surface area (TPSA) is 286 Å². The summed E-state index contributed by atoms with van der Waals surface area (Å²) in [5.41, 5.74) is 5.47. The molecule has 0 saturated carbocycles. The Morgan fingerprint density at radius 2 is 1.81 bits per heavy atom. The van der Waals surface area contributed by atoms with E-state index in [4.69, 9.17) is 34.2 Å². The average Bonchev–Trinajstić information content (AvgIpc) is 4.10. The van der Waals surface area contributed by atoms with Crippen LogP contribution >= 0.6 is 0 Å². The zero-order chi connectivity index (χ0) is 52.7. The average molecular weight is 1010 g/mol. The smallest absolute Gasteiger partial charge is 0.412 e. The van der Waals surface area contributed by atoms with Crippen LogP contribution in [0.5, 0.6) is 0 Å². The van der Waals surface area contributed by atoms with E-state index in [-0.39, 0.29) is 37.0 Å². The van der Waals surface area contributed by atoms with Gasteiger partial charge < -0.3 is 49.9 Å². The number of anilines is 1. The molecular formula is C50H76N10O12. The molecule has 13 atom stereocenters. The van der Waals surface area contributed by atoms with Crippen LogP contribution in [0.3, 0.4) is 0 Å². The summed E-state index contributed by atoms with van der Waals surface area (Å²) in [5, 5.41) is 35.7. The standard InChI is InChI=1S/C50H76N10O12/c1-12-38-50(10)41(60(47(66)72-50)21-14-13-20-59-27-37(57-58-59)32-16-15-17-33(22-32)55-46(65)71-48(6,7)8)31(5)52-25-28(2)24-49(9,67-11)42(29(3)39(61)30(4)44(64)69-38)70-45-40(62)35(51)23-34(68-45)26-53-43(63)36-18-19-54-56-36/h15-19,22,27-31,34-35,38,40-42,45,52,62H,12-14,20-21,23-26,51H2,1-11H3,(H,53,63)(H,54,56)(H,55,65)/t28-,29+,30-,31-,34+,35?,38-,40?,41-,42-,45+,49-,50-/m1/s1. The molecule has 22 heteroatoms. The highest BCUT2D eigenvalue weighted by Gasteiger charge is 2.58. The molecule has 22 nitrogen and oxygen atoms in total. The summed E-state index contributed by atoms with van der Waals surface area (Å²) < 4.78 is 38.7. The first kappa shape index (κ1) is 55.8. The van der Waals surface area contributed by atoms with Crippen molar-refractivity contribution in [3.05, 3.63) is 48.4 Å². The number of aromatic amines is 1. The van der Waals surface area contributed by atoms with E-state index in [1.54, 1.807) is 56.3 Å². The number of amides is 3. The van der Waals surface area contributed by atoms with Crippen molar-refractivity contribution in [1.29, 1.82) is 0 Å². The Balaban J connectivity index is 1.16. The second kappa shape index (κ2) is 23.6. The van der Waals surface area contributed by atoms with Gasteiger partial charge in [0.05, 0.1) is 30.0 Å². The Morgan fingerprint density at radius 3 is 2.49 bits per heavy atom. The van der Waals surface area contributed by atoms with Crippen molar-refractivity contribution >= 4 is 35.5 Å². The number of aromatic nitrogens is 5. The predicted molar refractivity (Wildman–Crippen MR) is 263 cm³/mol. The third-order valence-electron chi connectivity index (χ3n) is 14.0. The number of aliphatic hydroxyl groups excluding tert-OH is 1. The van der Waals surface area contributed by atoms with Crippen molar-refractivity contribution in [3.63, 3.8) is 0 Å². The van der Waals surface area contributed by atoms with Crippen LogP contribution in [0.25, 0.3) is 11.3 Å². The summed E-state index contributed by atoms with van der Waals surface area (Å²) >= 11 is 0. The molecule has 3 saturated heterocycles. The number of hydrogen-bond acceptors (Lipinski definition) is 17. The van der Waals surface area contributed by atoms with Crippen LogP contribution in [-0.2, 0) is 44.6 Å². The highest BCUT2D eigenvalue weighted by atomic mass is 16.7. The van der Waals surface area contributed by atoms with Gasteiger partial charge in [0.2, 0.25) is 0 Å². The normalized spacial score (nSPS) is 31.9. The zero-order valence-electron chi connectivity index (χ0n) is 43.5. The molecule has 3 aliphatic heterocycles. The van der Waals surface area contributed by atoms with Gasteiger partial charge in [-0.25, -0.2) is 9.59 Å². The molecule has 3 amide bonds. The number of ether oxygens (including phenoxy) is 6. The summed E-state index contributed by atoms with van der Waals surface area (Å²) in [4.78, 5) is 69.5. The molecule has 5 heterocycles. The molecule has 72 heavy (non-hydrogen) atoms. The number of Topliss-reactive ketones (excluding diaryl/α,β-unsaturated/α-hetero) is 1. The van der Waals surface area contributed by atoms with Crippen LogP contribution in [0.4, 0.5) is 15.3 Å². The van der Waals surface area contributed by atoms with E-state index < -0.39 is 101 Å². The lowest BCUT2D eigenvalue weighted by Gasteiger charge is -2.45. The summed E-state index contributed by atoms with van der Waals surface area (Å²) in [5.74, 6) is -4.09. The quantitative estimate of drug-likeness (QED) is 0.0558. The molecule has 6 rings (SSSR count). The van der Waals surface area contributed by atoms with E-state index in [1.807, 2.05) is 46.0 Å². The monoisotopic (exact) mass is 1010 g/mol. The van der Waals surface area contributed by atoms with Crippen LogP contribution in [0, 0.1) is 17.8 Å². The molecule has 3 fully saturated rings. The molecule has 2 aromatic heterocycles. The number of hydrogen-bond donors (Lipinski definition) is 6. The summed E-state index contributed by atoms with van der Waals surface area (Å²) in [6.45, 7) is 19.3. The van der Waals surface area contributed by atoms with Gasteiger partial charge in [0.25, 0.3) is 5.91 Å². The lowest BCUT2D eigenvalue weighted by molar-refractivity contribution is -0.289. The first-order chi connectivity index (χ1) is 34.0. The van der Waals surface area contributed by atoms with Crippen molar-refractivity contribution in [1.82, 2.24) is 40.7 Å². The number of aryl methyl sites for hydroxylation is 1. The zero-order valence-corrected chi connectivity index (χ0v) is 43.5. The SMILES string of the molecule is CC[C@H]1OC(=O)[C@H](C)C(=O)[C@H](C)[C@@H](O[C@@H]2O[C@H](CNC(=O)c3ccn[nH]3)CC(N)C2O)[C@](C)(OC)C[C@@H](C)CN[C@H](C)[C@H]2N(CCCCn3cc(-c4cccc(NC(=O)OC(C)(C)C)c4)nn3)C(=O)O[C@]12C. The molecule has 0 radical (unpaired) electrons. The number of nitrogens with one attached hydrogen (secondary N) is 4. The van der Waals surface area contributed by atoms with Crippen molar-refractivity contribution in [3.8, 4) is 11.3 Å². The third-order valence-corrected chi connectivity index (χ3v) is 14.0. The number of fused-ring (bicyclic) bond motifs is 1. The van der Waals surface area contributed by atoms with Crippen molar-refractivity contribution in [2.24, 2.45) is 23.5 Å². The summed E-state index contributed by atoms with van der Waals surface area (Å²) in [6.07, 6.45) is -1.06. The van der Waals surface area contributed by atoms with Crippen LogP contribution in [0.1, 0.15) is 112 Å². The summed E-state index contributed by atoms with van der Waals surface area (Å²) in [7, 11) is 1.52. The molecule has 1 aromatic carbocycles. The van der Waals surface area contributed by atoms with Gasteiger partial charge in [-0.2, -0.15) is 5.10 Å². The first-order valence-corrected chi connectivity index (χ1v) is 25.0. The largest absolute Gasteiger partial charge is 0.458 e. The van der Waals surface area contributed by atoms with Crippen molar-refractivity contribution in [2.75, 3.05) is 32.1 Å². The Hall–Kier alpha value is -5.52. The maximum Gasteiger partial charge on any atom is 0.412 e. The fraction of sp³-hybridized carbons (Fsp3) is 0.680. The molecular weight excluding hydrogens is 933 g/mol. The highest BCUT2D eigenvalue weighted by Crippen LogP contribution is 2.40. The highest BCUT2D eigenvalue weighted by molar-refractivity contribution is 6.00. The van der Waals surface area contributed by atoms with Crippen LogP contribution in [0.2, 0.25) is 0 Å². The van der Waals surface area contributed by atoms with Crippen LogP contribution in [-0.4, -0.2) is 157 Å². The van der Waals surface area contributed by atoms with Gasteiger partial charge in [0, 0.05) is 62.2 Å². The molecule has 7 N–H and O–H groups in total. The number of esters is 1. The number of aliphatic hydroxyl groups is 1. The lowest BCUT2D eigenvalue weighted by Crippen LogP contribution is -2.61. The Bertz CT molecular complexity index is 2330. The molecule has 3 aliphatic rings. The number of H-pyrrole nitrogens is 1. The summed E-state index contributed by atoms with van der Waals surface area (Å²) in [6, 6.07) is 7.00. The van der Waals surface area contributed by atoms with E-state index in [9.17, 15) is 29.1 Å².